The van der Waals surface area contributed by atoms with E-state index in [1.807, 2.05) is 6.92 Å². The highest BCUT2D eigenvalue weighted by atomic mass is 19.2. The summed E-state index contributed by atoms with van der Waals surface area (Å²) in [6.07, 6.45) is 1.90. The normalized spacial score (nSPS) is 17.4. The first-order valence-electron chi connectivity index (χ1n) is 7.44. The molecule has 116 valence electrons. The van der Waals surface area contributed by atoms with Gasteiger partial charge in [-0.05, 0) is 72.6 Å². The van der Waals surface area contributed by atoms with E-state index in [1.165, 1.54) is 18.2 Å². The van der Waals surface area contributed by atoms with E-state index in [0.29, 0.717) is 36.8 Å². The van der Waals surface area contributed by atoms with E-state index in [0.717, 1.165) is 11.6 Å². The Morgan fingerprint density at radius 3 is 2.05 bits per heavy atom. The van der Waals surface area contributed by atoms with Crippen LogP contribution in [0.25, 0.3) is 0 Å². The molecule has 2 aromatic carbocycles. The maximum absolute atomic E-state index is 14.2. The van der Waals surface area contributed by atoms with Gasteiger partial charge in [-0.3, -0.25) is 0 Å². The van der Waals surface area contributed by atoms with Crippen LogP contribution in [0.5, 0.6) is 0 Å². The lowest BCUT2D eigenvalue weighted by Crippen LogP contribution is -2.16. The summed E-state index contributed by atoms with van der Waals surface area (Å²) in [5, 5.41) is 0. The molecule has 0 N–H and O–H groups in total. The molecule has 1 aliphatic rings. The van der Waals surface area contributed by atoms with Crippen LogP contribution in [-0.2, 0) is 19.3 Å². The van der Waals surface area contributed by atoms with Gasteiger partial charge < -0.3 is 0 Å². The van der Waals surface area contributed by atoms with E-state index in [4.69, 9.17) is 0 Å². The predicted molar refractivity (Wildman–Crippen MR) is 76.9 cm³/mol. The molecular formula is C18H16F4. The molecule has 0 saturated heterocycles. The Labute approximate surface area is 126 Å². The Morgan fingerprint density at radius 2 is 1.45 bits per heavy atom. The molecule has 0 saturated carbocycles. The second-order valence-corrected chi connectivity index (χ2v) is 5.80. The van der Waals surface area contributed by atoms with E-state index >= 15 is 0 Å². The molecule has 0 radical (unpaired) electrons. The molecule has 4 heteroatoms. The molecule has 1 atom stereocenters. The summed E-state index contributed by atoms with van der Waals surface area (Å²) in [6.45, 7) is 1.84. The molecule has 3 rings (SSSR count). The molecule has 22 heavy (non-hydrogen) atoms. The topological polar surface area (TPSA) is 0 Å². The molecule has 0 bridgehead atoms. The first-order valence-corrected chi connectivity index (χ1v) is 7.44. The fourth-order valence-corrected chi connectivity index (χ4v) is 3.23. The third kappa shape index (κ3) is 2.62. The zero-order valence-corrected chi connectivity index (χ0v) is 12.2. The summed E-state index contributed by atoms with van der Waals surface area (Å²) in [4.78, 5) is 0. The van der Waals surface area contributed by atoms with Gasteiger partial charge in [-0.2, -0.15) is 0 Å². The van der Waals surface area contributed by atoms with E-state index < -0.39 is 23.3 Å². The van der Waals surface area contributed by atoms with E-state index in [-0.39, 0.29) is 11.5 Å². The zero-order valence-electron chi connectivity index (χ0n) is 12.2. The summed E-state index contributed by atoms with van der Waals surface area (Å²) >= 11 is 0. The van der Waals surface area contributed by atoms with Crippen LogP contribution in [0.3, 0.4) is 0 Å². The summed E-state index contributed by atoms with van der Waals surface area (Å²) in [7, 11) is 0. The SMILES string of the molecule is CCc1cc(F)c(C2CCc3cc(F)c(F)cc3C2)c(F)c1. The largest absolute Gasteiger partial charge is 0.207 e. The maximum atomic E-state index is 14.2. The molecule has 2 aromatic rings. The van der Waals surface area contributed by atoms with Gasteiger partial charge in [-0.25, -0.2) is 17.6 Å². The summed E-state index contributed by atoms with van der Waals surface area (Å²) < 4.78 is 55.1. The monoisotopic (exact) mass is 308 g/mol. The van der Waals surface area contributed by atoms with Crippen molar-refractivity contribution in [3.05, 3.63) is 69.8 Å². The van der Waals surface area contributed by atoms with Gasteiger partial charge in [0.1, 0.15) is 11.6 Å². The number of fused-ring (bicyclic) bond motifs is 1. The van der Waals surface area contributed by atoms with E-state index in [2.05, 4.69) is 0 Å². The van der Waals surface area contributed by atoms with Gasteiger partial charge in [-0.1, -0.05) is 6.92 Å². The van der Waals surface area contributed by atoms with Crippen LogP contribution >= 0.6 is 0 Å². The number of hydrogen-bond acceptors (Lipinski definition) is 0. The Kier molecular flexibility index (Phi) is 3.94. The zero-order chi connectivity index (χ0) is 15.9. The highest BCUT2D eigenvalue weighted by Gasteiger charge is 2.26. The van der Waals surface area contributed by atoms with Crippen LogP contribution in [0.2, 0.25) is 0 Å². The van der Waals surface area contributed by atoms with Gasteiger partial charge in [0.2, 0.25) is 0 Å². The number of halogens is 4. The number of rotatable bonds is 2. The average molecular weight is 308 g/mol. The Hall–Kier alpha value is -1.84. The van der Waals surface area contributed by atoms with Crippen molar-refractivity contribution in [2.45, 2.75) is 38.5 Å². The van der Waals surface area contributed by atoms with Gasteiger partial charge >= 0.3 is 0 Å². The molecule has 1 unspecified atom stereocenters. The lowest BCUT2D eigenvalue weighted by atomic mass is 9.79. The second-order valence-electron chi connectivity index (χ2n) is 5.80. The van der Waals surface area contributed by atoms with Gasteiger partial charge in [-0.15, -0.1) is 0 Å². The van der Waals surface area contributed by atoms with Crippen molar-refractivity contribution in [3.8, 4) is 0 Å². The fourth-order valence-electron chi connectivity index (χ4n) is 3.23. The van der Waals surface area contributed by atoms with Crippen molar-refractivity contribution in [2.24, 2.45) is 0 Å². The lowest BCUT2D eigenvalue weighted by Gasteiger charge is -2.26. The van der Waals surface area contributed by atoms with Gasteiger partial charge in [0.15, 0.2) is 11.6 Å². The van der Waals surface area contributed by atoms with Crippen LogP contribution in [0.1, 0.15) is 41.5 Å². The predicted octanol–water partition coefficient (Wildman–Crippen LogP) is 5.08. The van der Waals surface area contributed by atoms with Crippen molar-refractivity contribution in [3.63, 3.8) is 0 Å². The molecule has 1 aliphatic carbocycles. The van der Waals surface area contributed by atoms with Crippen LogP contribution in [0, 0.1) is 23.3 Å². The van der Waals surface area contributed by atoms with Gasteiger partial charge in [0.05, 0.1) is 0 Å². The van der Waals surface area contributed by atoms with Crippen molar-refractivity contribution in [1.82, 2.24) is 0 Å². The summed E-state index contributed by atoms with van der Waals surface area (Å²) in [5.41, 5.74) is 2.03. The summed E-state index contributed by atoms with van der Waals surface area (Å²) in [6, 6.07) is 5.05. The minimum Gasteiger partial charge on any atom is -0.207 e. The van der Waals surface area contributed by atoms with Crippen molar-refractivity contribution < 1.29 is 17.6 Å². The molecule has 0 aromatic heterocycles. The van der Waals surface area contributed by atoms with Crippen molar-refractivity contribution in [1.29, 1.82) is 0 Å². The van der Waals surface area contributed by atoms with E-state index in [1.54, 1.807) is 0 Å². The third-order valence-corrected chi connectivity index (χ3v) is 4.43. The number of aryl methyl sites for hydroxylation is 2. The average Bonchev–Trinajstić information content (AvgIpc) is 2.47. The highest BCUT2D eigenvalue weighted by molar-refractivity contribution is 5.37. The first kappa shape index (κ1) is 15.1. The quantitative estimate of drug-likeness (QED) is 0.679. The van der Waals surface area contributed by atoms with E-state index in [9.17, 15) is 17.6 Å². The smallest absolute Gasteiger partial charge is 0.159 e. The van der Waals surface area contributed by atoms with Crippen LogP contribution in [-0.4, -0.2) is 0 Å². The summed E-state index contributed by atoms with van der Waals surface area (Å²) in [5.74, 6) is -3.23. The molecule has 0 heterocycles. The molecule has 0 fully saturated rings. The fraction of sp³-hybridized carbons (Fsp3) is 0.333. The standard InChI is InChI=1S/C18H16F4/c1-2-10-5-16(21)18(17(22)6-10)12-4-3-11-8-14(19)15(20)9-13(11)7-12/h5-6,8-9,12H,2-4,7H2,1H3. The Bertz CT molecular complexity index is 698. The molecule has 0 spiro atoms. The molecular weight excluding hydrogens is 292 g/mol. The second kappa shape index (κ2) is 5.75. The van der Waals surface area contributed by atoms with Crippen LogP contribution in [0.15, 0.2) is 24.3 Å². The maximum Gasteiger partial charge on any atom is 0.159 e. The molecule has 0 amide bonds. The number of benzene rings is 2. The van der Waals surface area contributed by atoms with Crippen LogP contribution < -0.4 is 0 Å². The van der Waals surface area contributed by atoms with Crippen molar-refractivity contribution in [2.75, 3.05) is 0 Å². The minimum atomic E-state index is -0.915. The van der Waals surface area contributed by atoms with Crippen molar-refractivity contribution >= 4 is 0 Å². The first-order chi connectivity index (χ1) is 10.5. The Balaban J connectivity index is 1.97. The Morgan fingerprint density at radius 1 is 0.864 bits per heavy atom. The van der Waals surface area contributed by atoms with Gasteiger partial charge in [0, 0.05) is 5.56 Å². The highest BCUT2D eigenvalue weighted by Crippen LogP contribution is 2.36. The minimum absolute atomic E-state index is 0.0626. The lowest BCUT2D eigenvalue weighted by molar-refractivity contribution is 0.476. The van der Waals surface area contributed by atoms with Gasteiger partial charge in [0.25, 0.3) is 0 Å². The number of hydrogen-bond donors (Lipinski definition) is 0. The third-order valence-electron chi connectivity index (χ3n) is 4.43. The van der Waals surface area contributed by atoms with Crippen LogP contribution in [0.4, 0.5) is 17.6 Å². The molecule has 0 aliphatic heterocycles. The molecule has 0 nitrogen and oxygen atoms in total.